The summed E-state index contributed by atoms with van der Waals surface area (Å²) in [4.78, 5) is 17.0. The zero-order valence-corrected chi connectivity index (χ0v) is 13.3. The predicted octanol–water partition coefficient (Wildman–Crippen LogP) is 0.696. The minimum Gasteiger partial charge on any atom is -0.465 e. The normalized spacial score (nSPS) is 26.8. The molecule has 2 rings (SSSR count). The molecule has 0 bridgehead atoms. The number of likely N-dealkylation sites (tertiary alicyclic amines) is 1. The quantitative estimate of drug-likeness (QED) is 0.697. The van der Waals surface area contributed by atoms with Crippen molar-refractivity contribution in [2.24, 2.45) is 0 Å². The van der Waals surface area contributed by atoms with E-state index in [4.69, 9.17) is 4.74 Å². The fourth-order valence-corrected chi connectivity index (χ4v) is 2.96. The second-order valence-corrected chi connectivity index (χ2v) is 6.61. The van der Waals surface area contributed by atoms with E-state index >= 15 is 0 Å². The van der Waals surface area contributed by atoms with Gasteiger partial charge < -0.3 is 9.64 Å². The highest BCUT2D eigenvalue weighted by atomic mass is 16.5. The van der Waals surface area contributed by atoms with Crippen LogP contribution in [0.25, 0.3) is 0 Å². The summed E-state index contributed by atoms with van der Waals surface area (Å²) in [5.74, 6) is -0.111. The molecule has 0 spiro atoms. The van der Waals surface area contributed by atoms with E-state index in [1.807, 2.05) is 13.8 Å². The van der Waals surface area contributed by atoms with Crippen LogP contribution in [-0.4, -0.2) is 73.7 Å². The molecule has 116 valence electrons. The average molecular weight is 283 g/mol. The van der Waals surface area contributed by atoms with Gasteiger partial charge in [-0.15, -0.1) is 0 Å². The molecule has 0 radical (unpaired) electrons. The summed E-state index contributed by atoms with van der Waals surface area (Å²) in [6, 6.07) is 1.10. The van der Waals surface area contributed by atoms with Crippen LogP contribution in [0.5, 0.6) is 0 Å². The van der Waals surface area contributed by atoms with Gasteiger partial charge in [0.2, 0.25) is 0 Å². The Morgan fingerprint density at radius 2 is 2.10 bits per heavy atom. The maximum Gasteiger partial charge on any atom is 0.327 e. The van der Waals surface area contributed by atoms with Gasteiger partial charge in [0.05, 0.1) is 6.61 Å². The van der Waals surface area contributed by atoms with Gasteiger partial charge >= 0.3 is 5.97 Å². The van der Waals surface area contributed by atoms with Crippen molar-refractivity contribution >= 4 is 5.97 Å². The van der Waals surface area contributed by atoms with Gasteiger partial charge in [0, 0.05) is 25.2 Å². The van der Waals surface area contributed by atoms with E-state index in [9.17, 15) is 4.79 Å². The van der Waals surface area contributed by atoms with Gasteiger partial charge in [-0.25, -0.2) is 0 Å². The predicted molar refractivity (Wildman–Crippen MR) is 79.7 cm³/mol. The molecular formula is C15H29N3O2. The first kappa shape index (κ1) is 15.7. The second kappa shape index (κ2) is 6.41. The van der Waals surface area contributed by atoms with Crippen molar-refractivity contribution in [3.05, 3.63) is 0 Å². The van der Waals surface area contributed by atoms with Crippen molar-refractivity contribution < 1.29 is 9.53 Å². The molecule has 0 aromatic rings. The van der Waals surface area contributed by atoms with Crippen LogP contribution in [0, 0.1) is 0 Å². The van der Waals surface area contributed by atoms with Gasteiger partial charge in [0.25, 0.3) is 0 Å². The Morgan fingerprint density at radius 3 is 2.60 bits per heavy atom. The highest BCUT2D eigenvalue weighted by molar-refractivity contribution is 5.80. The number of nitrogens with one attached hydrogen (secondary N) is 1. The molecular weight excluding hydrogens is 254 g/mol. The number of carbonyl (C=O) groups is 1. The highest BCUT2D eigenvalue weighted by Gasteiger charge is 2.42. The third-order valence-corrected chi connectivity index (χ3v) is 4.34. The smallest absolute Gasteiger partial charge is 0.327 e. The lowest BCUT2D eigenvalue weighted by Gasteiger charge is -2.33. The zero-order valence-electron chi connectivity index (χ0n) is 13.3. The van der Waals surface area contributed by atoms with E-state index in [2.05, 4.69) is 29.2 Å². The van der Waals surface area contributed by atoms with Crippen LogP contribution in [0.1, 0.15) is 33.1 Å². The molecule has 5 nitrogen and oxygen atoms in total. The number of hydrogen-bond acceptors (Lipinski definition) is 5. The molecule has 5 heteroatoms. The van der Waals surface area contributed by atoms with Crippen LogP contribution in [-0.2, 0) is 9.53 Å². The molecule has 0 amide bonds. The average Bonchev–Trinajstić information content (AvgIpc) is 3.05. The molecule has 0 aromatic heterocycles. The number of likely N-dealkylation sites (N-methyl/N-ethyl adjacent to an activating group) is 1. The zero-order chi connectivity index (χ0) is 14.8. The van der Waals surface area contributed by atoms with Gasteiger partial charge in [0.1, 0.15) is 5.54 Å². The lowest BCUT2D eigenvalue weighted by molar-refractivity contribution is -0.151. The number of nitrogens with zero attached hydrogens (tertiary/aromatic N) is 2. The van der Waals surface area contributed by atoms with E-state index in [1.165, 1.54) is 19.3 Å². The van der Waals surface area contributed by atoms with Crippen LogP contribution < -0.4 is 5.32 Å². The summed E-state index contributed by atoms with van der Waals surface area (Å²) in [5.41, 5.74) is -0.571. The minimum absolute atomic E-state index is 0.111. The van der Waals surface area contributed by atoms with E-state index in [0.29, 0.717) is 18.7 Å². The number of hydrogen-bond donors (Lipinski definition) is 1. The van der Waals surface area contributed by atoms with Crippen LogP contribution in [0.3, 0.4) is 0 Å². The largest absolute Gasteiger partial charge is 0.465 e. The molecule has 2 atom stereocenters. The van der Waals surface area contributed by atoms with Crippen molar-refractivity contribution in [3.63, 3.8) is 0 Å². The summed E-state index contributed by atoms with van der Waals surface area (Å²) in [6.07, 6.45) is 3.53. The maximum absolute atomic E-state index is 12.3. The number of esters is 1. The molecule has 2 unspecified atom stereocenters. The van der Waals surface area contributed by atoms with Crippen molar-refractivity contribution in [2.75, 3.05) is 40.3 Å². The Balaban J connectivity index is 1.95. The standard InChI is InChI=1S/C15H29N3O2/c1-5-20-14(19)15(2,16-12-6-7-12)11-18-9-8-13(10-18)17(3)4/h12-13,16H,5-11H2,1-4H3. The molecule has 1 heterocycles. The minimum atomic E-state index is -0.571. The first-order valence-corrected chi connectivity index (χ1v) is 7.78. The van der Waals surface area contributed by atoms with Crippen molar-refractivity contribution in [1.29, 1.82) is 0 Å². The van der Waals surface area contributed by atoms with E-state index in [1.54, 1.807) is 0 Å². The summed E-state index contributed by atoms with van der Waals surface area (Å²) >= 11 is 0. The van der Waals surface area contributed by atoms with Crippen molar-refractivity contribution in [1.82, 2.24) is 15.1 Å². The van der Waals surface area contributed by atoms with Gasteiger partial charge in [0.15, 0.2) is 0 Å². The highest BCUT2D eigenvalue weighted by Crippen LogP contribution is 2.25. The monoisotopic (exact) mass is 283 g/mol. The SMILES string of the molecule is CCOC(=O)C(C)(CN1CCC(N(C)C)C1)NC1CC1. The third-order valence-electron chi connectivity index (χ3n) is 4.34. The Labute approximate surface area is 122 Å². The van der Waals surface area contributed by atoms with E-state index < -0.39 is 5.54 Å². The maximum atomic E-state index is 12.3. The van der Waals surface area contributed by atoms with Crippen LogP contribution in [0.15, 0.2) is 0 Å². The molecule has 1 saturated heterocycles. The van der Waals surface area contributed by atoms with Crippen molar-refractivity contribution in [3.8, 4) is 0 Å². The summed E-state index contributed by atoms with van der Waals surface area (Å²) < 4.78 is 5.28. The van der Waals surface area contributed by atoms with Gasteiger partial charge in [-0.3, -0.25) is 15.0 Å². The molecule has 1 aliphatic carbocycles. The fraction of sp³-hybridized carbons (Fsp3) is 0.933. The topological polar surface area (TPSA) is 44.8 Å². The first-order valence-electron chi connectivity index (χ1n) is 7.78. The Kier molecular flexibility index (Phi) is 5.04. The third kappa shape index (κ3) is 3.93. The number of carbonyl (C=O) groups excluding carboxylic acids is 1. The van der Waals surface area contributed by atoms with Gasteiger partial charge in [-0.1, -0.05) is 0 Å². The number of ether oxygens (including phenoxy) is 1. The van der Waals surface area contributed by atoms with Crippen molar-refractivity contribution in [2.45, 2.75) is 50.7 Å². The Morgan fingerprint density at radius 1 is 1.40 bits per heavy atom. The number of rotatable bonds is 7. The molecule has 2 aliphatic rings. The molecule has 1 N–H and O–H groups in total. The van der Waals surface area contributed by atoms with E-state index in [0.717, 1.165) is 19.6 Å². The van der Waals surface area contributed by atoms with E-state index in [-0.39, 0.29) is 5.97 Å². The van der Waals surface area contributed by atoms with Crippen LogP contribution in [0.2, 0.25) is 0 Å². The first-order chi connectivity index (χ1) is 9.44. The molecule has 1 aliphatic heterocycles. The second-order valence-electron chi connectivity index (χ2n) is 6.61. The molecule has 2 fully saturated rings. The lowest BCUT2D eigenvalue weighted by Crippen LogP contribution is -2.58. The lowest BCUT2D eigenvalue weighted by atomic mass is 10.0. The van der Waals surface area contributed by atoms with Crippen LogP contribution >= 0.6 is 0 Å². The fourth-order valence-electron chi connectivity index (χ4n) is 2.96. The Hall–Kier alpha value is -0.650. The summed E-state index contributed by atoms with van der Waals surface area (Å²) in [5, 5.41) is 3.49. The van der Waals surface area contributed by atoms with Gasteiger partial charge in [-0.2, -0.15) is 0 Å². The van der Waals surface area contributed by atoms with Crippen LogP contribution in [0.4, 0.5) is 0 Å². The molecule has 0 aromatic carbocycles. The van der Waals surface area contributed by atoms with Gasteiger partial charge in [-0.05, 0) is 53.8 Å². The Bertz CT molecular complexity index is 344. The summed E-state index contributed by atoms with van der Waals surface area (Å²) in [7, 11) is 4.25. The summed E-state index contributed by atoms with van der Waals surface area (Å²) in [6.45, 7) is 7.14. The molecule has 20 heavy (non-hydrogen) atoms. The molecule has 1 saturated carbocycles.